The van der Waals surface area contributed by atoms with Crippen molar-refractivity contribution in [2.45, 2.75) is 0 Å². The Morgan fingerprint density at radius 3 is 1.71 bits per heavy atom. The molecule has 0 aromatic carbocycles. The van der Waals surface area contributed by atoms with Crippen molar-refractivity contribution in [2.75, 3.05) is 14.1 Å². The van der Waals surface area contributed by atoms with Crippen LogP contribution in [0.2, 0.25) is 0 Å². The van der Waals surface area contributed by atoms with Crippen molar-refractivity contribution in [1.29, 1.82) is 0 Å². The molecule has 0 aliphatic rings. The van der Waals surface area contributed by atoms with Crippen LogP contribution in [-0.2, 0) is 0 Å². The number of urea groups is 1. The molecule has 7 heavy (non-hydrogen) atoms. The summed E-state index contributed by atoms with van der Waals surface area (Å²) in [6, 6.07) is -0.407. The third kappa shape index (κ3) is 5.23. The van der Waals surface area contributed by atoms with Gasteiger partial charge in [-0.2, -0.15) is 0 Å². The first-order valence-electron chi connectivity index (χ1n) is 1.61. The van der Waals surface area contributed by atoms with Gasteiger partial charge in [0.25, 0.3) is 0 Å². The Kier molecular flexibility index (Phi) is 4.65. The molecule has 0 bridgehead atoms. The summed E-state index contributed by atoms with van der Waals surface area (Å²) in [4.78, 5) is 11.2. The van der Waals surface area contributed by atoms with E-state index in [-0.39, 0.29) is 6.15 Å². The highest BCUT2D eigenvalue weighted by Gasteiger charge is 1.88. The van der Waals surface area contributed by atoms with Crippen molar-refractivity contribution >= 4 is 6.03 Å². The van der Waals surface area contributed by atoms with Crippen molar-refractivity contribution < 1.29 is 4.79 Å². The summed E-state index contributed by atoms with van der Waals surface area (Å²) in [5.41, 5.74) is 4.72. The third-order valence-corrected chi connectivity index (χ3v) is 0.441. The fourth-order valence-electron chi connectivity index (χ4n) is 0. The summed E-state index contributed by atoms with van der Waals surface area (Å²) < 4.78 is 0. The minimum Gasteiger partial charge on any atom is -0.352 e. The van der Waals surface area contributed by atoms with Crippen LogP contribution in [0.25, 0.3) is 0 Å². The van der Waals surface area contributed by atoms with Crippen molar-refractivity contribution in [3.05, 3.63) is 0 Å². The van der Waals surface area contributed by atoms with Crippen LogP contribution in [0.15, 0.2) is 0 Å². The van der Waals surface area contributed by atoms with Gasteiger partial charge in [0.1, 0.15) is 0 Å². The predicted molar refractivity (Wildman–Crippen MR) is 28.3 cm³/mol. The van der Waals surface area contributed by atoms with E-state index in [0.29, 0.717) is 0 Å². The lowest BCUT2D eigenvalue weighted by Gasteiger charge is -2.01. The Labute approximate surface area is 42.9 Å². The molecule has 2 amide bonds. The summed E-state index contributed by atoms with van der Waals surface area (Å²) in [7, 11) is 3.20. The SMILES string of the molecule is CN(C)C(N)=O.N. The van der Waals surface area contributed by atoms with Crippen LogP contribution < -0.4 is 11.9 Å². The molecular weight excluding hydrogens is 94.1 g/mol. The molecule has 0 aliphatic carbocycles. The minimum absolute atomic E-state index is 0. The summed E-state index contributed by atoms with van der Waals surface area (Å²) >= 11 is 0. The normalized spacial score (nSPS) is 6.57. The molecule has 0 fully saturated rings. The zero-order valence-electron chi connectivity index (χ0n) is 4.64. The number of hydrogen-bond acceptors (Lipinski definition) is 2. The summed E-state index contributed by atoms with van der Waals surface area (Å²) in [6.45, 7) is 0. The van der Waals surface area contributed by atoms with E-state index in [9.17, 15) is 4.79 Å². The maximum Gasteiger partial charge on any atom is 0.314 e. The monoisotopic (exact) mass is 105 g/mol. The zero-order chi connectivity index (χ0) is 5.15. The highest BCUT2D eigenvalue weighted by Crippen LogP contribution is 1.65. The molecule has 4 nitrogen and oxygen atoms in total. The van der Waals surface area contributed by atoms with E-state index < -0.39 is 6.03 Å². The molecule has 0 unspecified atom stereocenters. The van der Waals surface area contributed by atoms with Gasteiger partial charge in [0, 0.05) is 14.1 Å². The molecule has 0 aromatic heterocycles. The summed E-state index contributed by atoms with van der Waals surface area (Å²) in [6.07, 6.45) is 0. The molecule has 44 valence electrons. The van der Waals surface area contributed by atoms with Crippen LogP contribution in [0.3, 0.4) is 0 Å². The molecule has 0 rings (SSSR count). The number of nitrogens with zero attached hydrogens (tertiary/aromatic N) is 1. The van der Waals surface area contributed by atoms with E-state index in [1.807, 2.05) is 0 Å². The highest BCUT2D eigenvalue weighted by molar-refractivity contribution is 5.71. The quantitative estimate of drug-likeness (QED) is 0.447. The van der Waals surface area contributed by atoms with E-state index in [2.05, 4.69) is 0 Å². The average Bonchev–Trinajstić information content (AvgIpc) is 1.36. The molecule has 0 saturated carbocycles. The largest absolute Gasteiger partial charge is 0.352 e. The summed E-state index contributed by atoms with van der Waals surface area (Å²) in [5, 5.41) is 0. The molecule has 0 saturated heterocycles. The molecule has 0 heterocycles. The third-order valence-electron chi connectivity index (χ3n) is 0.441. The van der Waals surface area contributed by atoms with Crippen molar-refractivity contribution in [3.8, 4) is 0 Å². The number of nitrogens with two attached hydrogens (primary N) is 1. The van der Waals surface area contributed by atoms with Crippen molar-refractivity contribution in [1.82, 2.24) is 11.1 Å². The lowest BCUT2D eigenvalue weighted by molar-refractivity contribution is 0.227. The second kappa shape index (κ2) is 3.42. The van der Waals surface area contributed by atoms with E-state index >= 15 is 0 Å². The molecule has 0 atom stereocenters. The summed E-state index contributed by atoms with van der Waals surface area (Å²) in [5.74, 6) is 0. The molecule has 0 aliphatic heterocycles. The van der Waals surface area contributed by atoms with E-state index in [1.165, 1.54) is 4.90 Å². The minimum atomic E-state index is -0.407. The second-order valence-electron chi connectivity index (χ2n) is 1.23. The molecule has 5 N–H and O–H groups in total. The number of hydrogen-bond donors (Lipinski definition) is 2. The Hall–Kier alpha value is -0.770. The molecular formula is C3H11N3O. The first-order chi connectivity index (χ1) is 2.64. The maximum atomic E-state index is 9.85. The van der Waals surface area contributed by atoms with Gasteiger partial charge in [0.2, 0.25) is 0 Å². The van der Waals surface area contributed by atoms with Crippen LogP contribution in [0.4, 0.5) is 4.79 Å². The topological polar surface area (TPSA) is 81.3 Å². The molecule has 0 aromatic rings. The van der Waals surface area contributed by atoms with Crippen LogP contribution in [0, 0.1) is 0 Å². The fourth-order valence-corrected chi connectivity index (χ4v) is 0. The van der Waals surface area contributed by atoms with Gasteiger partial charge in [-0.1, -0.05) is 0 Å². The van der Waals surface area contributed by atoms with Gasteiger partial charge in [0.05, 0.1) is 0 Å². The fraction of sp³-hybridized carbons (Fsp3) is 0.667. The Bertz CT molecular complexity index is 61.2. The van der Waals surface area contributed by atoms with Crippen LogP contribution in [-0.4, -0.2) is 25.0 Å². The number of carbonyl (C=O) groups excluding carboxylic acids is 1. The smallest absolute Gasteiger partial charge is 0.314 e. The van der Waals surface area contributed by atoms with Crippen molar-refractivity contribution in [3.63, 3.8) is 0 Å². The predicted octanol–water partition coefficient (Wildman–Crippen LogP) is -0.211. The van der Waals surface area contributed by atoms with Gasteiger partial charge in [-0.25, -0.2) is 4.79 Å². The molecule has 4 heteroatoms. The van der Waals surface area contributed by atoms with E-state index in [0.717, 1.165) is 0 Å². The van der Waals surface area contributed by atoms with E-state index in [4.69, 9.17) is 5.73 Å². The second-order valence-corrected chi connectivity index (χ2v) is 1.23. The van der Waals surface area contributed by atoms with Crippen LogP contribution >= 0.6 is 0 Å². The lowest BCUT2D eigenvalue weighted by atomic mass is 10.9. The standard InChI is InChI=1S/C3H8N2O.H3N/c1-5(2)3(4)6;/h1-2H3,(H2,4,6);1H3. The Morgan fingerprint density at radius 2 is 1.71 bits per heavy atom. The molecule has 0 spiro atoms. The van der Waals surface area contributed by atoms with Gasteiger partial charge in [-0.15, -0.1) is 0 Å². The van der Waals surface area contributed by atoms with E-state index in [1.54, 1.807) is 14.1 Å². The Balaban J connectivity index is 0. The van der Waals surface area contributed by atoms with Crippen LogP contribution in [0.5, 0.6) is 0 Å². The van der Waals surface area contributed by atoms with Crippen LogP contribution in [0.1, 0.15) is 0 Å². The lowest BCUT2D eigenvalue weighted by Crippen LogP contribution is -2.27. The molecule has 0 radical (unpaired) electrons. The Morgan fingerprint density at radius 1 is 1.57 bits per heavy atom. The number of amides is 2. The van der Waals surface area contributed by atoms with Gasteiger partial charge in [-0.05, 0) is 0 Å². The van der Waals surface area contributed by atoms with Crippen molar-refractivity contribution in [2.24, 2.45) is 5.73 Å². The maximum absolute atomic E-state index is 9.85. The van der Waals surface area contributed by atoms with Gasteiger partial charge >= 0.3 is 6.03 Å². The highest BCUT2D eigenvalue weighted by atomic mass is 16.2. The van der Waals surface area contributed by atoms with Gasteiger partial charge in [-0.3, -0.25) is 0 Å². The van der Waals surface area contributed by atoms with Gasteiger partial charge < -0.3 is 16.8 Å². The zero-order valence-corrected chi connectivity index (χ0v) is 4.64. The number of rotatable bonds is 0. The average molecular weight is 105 g/mol. The number of carbonyl (C=O) groups is 1. The first-order valence-corrected chi connectivity index (χ1v) is 1.61. The first kappa shape index (κ1) is 9.52. The number of primary amides is 1. The van der Waals surface area contributed by atoms with Gasteiger partial charge in [0.15, 0.2) is 0 Å².